The maximum Gasteiger partial charge on any atom is 0.335 e. The molecule has 24 heavy (non-hydrogen) atoms. The van der Waals surface area contributed by atoms with Gasteiger partial charge in [0.1, 0.15) is 5.60 Å². The lowest BCUT2D eigenvalue weighted by Crippen LogP contribution is -2.43. The summed E-state index contributed by atoms with van der Waals surface area (Å²) in [5.74, 6) is -1.58. The normalized spacial score (nSPS) is 12.1. The molecule has 5 nitrogen and oxygen atoms in total. The van der Waals surface area contributed by atoms with Crippen LogP contribution in [-0.4, -0.2) is 36.9 Å². The van der Waals surface area contributed by atoms with Gasteiger partial charge in [0, 0.05) is 9.60 Å². The highest BCUT2D eigenvalue weighted by Gasteiger charge is 2.28. The molecule has 0 saturated carbocycles. The molecule has 0 spiro atoms. The summed E-state index contributed by atoms with van der Waals surface area (Å²) >= 11 is 3.59. The first-order valence-electron chi connectivity index (χ1n) is 7.25. The molecule has 1 unspecified atom stereocenters. The van der Waals surface area contributed by atoms with Crippen LogP contribution < -0.4 is 5.73 Å². The summed E-state index contributed by atoms with van der Waals surface area (Å²) in [6.45, 7) is 5.07. The number of nitrogens with two attached hydrogens (primary N) is 1. The molecule has 0 aliphatic rings. The van der Waals surface area contributed by atoms with Gasteiger partial charge in [0.2, 0.25) is 6.04 Å². The molecular weight excluding hydrogens is 346 g/mol. The lowest BCUT2D eigenvalue weighted by molar-refractivity contribution is -0.163. The molecule has 0 radical (unpaired) electrons. The molecule has 0 fully saturated rings. The number of esters is 2. The number of hydrogen-bond donors (Lipinski definition) is 1. The van der Waals surface area contributed by atoms with Gasteiger partial charge in [-0.3, -0.25) is 0 Å². The third-order valence-corrected chi connectivity index (χ3v) is 4.40. The number of benzene rings is 1. The SMILES string of the molecule is COC(=O)C(N)C(=O)OC(C)(C)C.CSc1ccc2sccc2c1. The smallest absolute Gasteiger partial charge is 0.335 e. The van der Waals surface area contributed by atoms with E-state index in [0.29, 0.717) is 0 Å². The summed E-state index contributed by atoms with van der Waals surface area (Å²) in [6, 6.07) is 7.40. The van der Waals surface area contributed by atoms with Crippen molar-refractivity contribution >= 4 is 45.1 Å². The summed E-state index contributed by atoms with van der Waals surface area (Å²) in [6.07, 6.45) is 2.10. The molecule has 2 N–H and O–H groups in total. The average molecular weight is 370 g/mol. The first kappa shape index (κ1) is 20.5. The summed E-state index contributed by atoms with van der Waals surface area (Å²) in [5.41, 5.74) is 4.58. The Morgan fingerprint density at radius 3 is 2.42 bits per heavy atom. The minimum absolute atomic E-state index is 0.650. The van der Waals surface area contributed by atoms with Crippen molar-refractivity contribution in [2.24, 2.45) is 5.73 Å². The van der Waals surface area contributed by atoms with Gasteiger partial charge in [-0.25, -0.2) is 9.59 Å². The summed E-state index contributed by atoms with van der Waals surface area (Å²) in [4.78, 5) is 23.2. The topological polar surface area (TPSA) is 78.6 Å². The molecule has 1 heterocycles. The predicted molar refractivity (Wildman–Crippen MR) is 99.4 cm³/mol. The van der Waals surface area contributed by atoms with Crippen molar-refractivity contribution < 1.29 is 19.1 Å². The largest absolute Gasteiger partial charge is 0.467 e. The van der Waals surface area contributed by atoms with Crippen LogP contribution >= 0.6 is 23.1 Å². The number of ether oxygens (including phenoxy) is 2. The van der Waals surface area contributed by atoms with Gasteiger partial charge in [-0.05, 0) is 62.1 Å². The molecule has 2 aromatic rings. The van der Waals surface area contributed by atoms with E-state index in [9.17, 15) is 9.59 Å². The Morgan fingerprint density at radius 2 is 1.88 bits per heavy atom. The predicted octanol–water partition coefficient (Wildman–Crippen LogP) is 3.45. The molecule has 0 saturated heterocycles. The molecule has 1 aromatic heterocycles. The van der Waals surface area contributed by atoms with Crippen LogP contribution in [0.2, 0.25) is 0 Å². The van der Waals surface area contributed by atoms with Crippen molar-refractivity contribution in [1.29, 1.82) is 0 Å². The van der Waals surface area contributed by atoms with E-state index in [1.807, 2.05) is 0 Å². The van der Waals surface area contributed by atoms with Gasteiger partial charge in [-0.2, -0.15) is 0 Å². The maximum absolute atomic E-state index is 11.1. The van der Waals surface area contributed by atoms with E-state index in [-0.39, 0.29) is 0 Å². The minimum atomic E-state index is -1.36. The number of hydrogen-bond acceptors (Lipinski definition) is 7. The van der Waals surface area contributed by atoms with E-state index in [4.69, 9.17) is 10.5 Å². The molecule has 0 bridgehead atoms. The maximum atomic E-state index is 11.1. The number of carbonyl (C=O) groups excluding carboxylic acids is 2. The van der Waals surface area contributed by atoms with E-state index in [1.54, 1.807) is 43.9 Å². The van der Waals surface area contributed by atoms with Gasteiger partial charge >= 0.3 is 11.9 Å². The molecule has 7 heteroatoms. The fourth-order valence-corrected chi connectivity index (χ4v) is 2.88. The van der Waals surface area contributed by atoms with Gasteiger partial charge in [-0.1, -0.05) is 0 Å². The van der Waals surface area contributed by atoms with E-state index >= 15 is 0 Å². The Morgan fingerprint density at radius 1 is 1.21 bits per heavy atom. The van der Waals surface area contributed by atoms with Crippen LogP contribution in [0.25, 0.3) is 10.1 Å². The van der Waals surface area contributed by atoms with E-state index in [0.717, 1.165) is 7.11 Å². The molecule has 0 aliphatic heterocycles. The third kappa shape index (κ3) is 6.51. The zero-order chi connectivity index (χ0) is 18.3. The lowest BCUT2D eigenvalue weighted by Gasteiger charge is -2.21. The summed E-state index contributed by atoms with van der Waals surface area (Å²) < 4.78 is 10.5. The Bertz CT molecular complexity index is 691. The van der Waals surface area contributed by atoms with E-state index < -0.39 is 23.6 Å². The second-order valence-corrected chi connectivity index (χ2v) is 7.69. The average Bonchev–Trinajstić information content (AvgIpc) is 2.99. The first-order valence-corrected chi connectivity index (χ1v) is 9.36. The van der Waals surface area contributed by atoms with Gasteiger partial charge in [0.25, 0.3) is 0 Å². The Hall–Kier alpha value is -1.57. The van der Waals surface area contributed by atoms with Crippen LogP contribution in [0.15, 0.2) is 34.5 Å². The monoisotopic (exact) mass is 369 g/mol. The second kappa shape index (κ2) is 9.05. The van der Waals surface area contributed by atoms with E-state index in [1.165, 1.54) is 15.0 Å². The van der Waals surface area contributed by atoms with Crippen LogP contribution in [0.3, 0.4) is 0 Å². The van der Waals surface area contributed by atoms with Crippen LogP contribution in [0.5, 0.6) is 0 Å². The Labute approximate surface area is 150 Å². The van der Waals surface area contributed by atoms with Gasteiger partial charge in [-0.15, -0.1) is 23.1 Å². The summed E-state index contributed by atoms with van der Waals surface area (Å²) in [7, 11) is 1.16. The molecule has 1 aromatic carbocycles. The molecule has 132 valence electrons. The number of thiophene rings is 1. The number of carbonyl (C=O) groups is 2. The minimum Gasteiger partial charge on any atom is -0.467 e. The fourth-order valence-electron chi connectivity index (χ4n) is 1.66. The Kier molecular flexibility index (Phi) is 7.72. The molecule has 0 amide bonds. The van der Waals surface area contributed by atoms with Crippen molar-refractivity contribution in [2.45, 2.75) is 37.3 Å². The quantitative estimate of drug-likeness (QED) is 0.507. The zero-order valence-electron chi connectivity index (χ0n) is 14.5. The Balaban J connectivity index is 0.000000242. The van der Waals surface area contributed by atoms with Gasteiger partial charge < -0.3 is 15.2 Å². The second-order valence-electron chi connectivity index (χ2n) is 5.86. The van der Waals surface area contributed by atoms with Crippen LogP contribution in [0, 0.1) is 0 Å². The van der Waals surface area contributed by atoms with E-state index in [2.05, 4.69) is 40.6 Å². The number of rotatable bonds is 3. The highest BCUT2D eigenvalue weighted by molar-refractivity contribution is 7.98. The first-order chi connectivity index (χ1) is 11.2. The lowest BCUT2D eigenvalue weighted by atomic mass is 10.2. The zero-order valence-corrected chi connectivity index (χ0v) is 16.1. The third-order valence-electron chi connectivity index (χ3n) is 2.78. The highest BCUT2D eigenvalue weighted by atomic mass is 32.2. The van der Waals surface area contributed by atoms with Crippen molar-refractivity contribution in [2.75, 3.05) is 13.4 Å². The molecular formula is C17H23NO4S2. The van der Waals surface area contributed by atoms with Crippen LogP contribution in [0.1, 0.15) is 20.8 Å². The molecule has 1 atom stereocenters. The fraction of sp³-hybridized carbons (Fsp3) is 0.412. The van der Waals surface area contributed by atoms with Crippen LogP contribution in [-0.2, 0) is 19.1 Å². The van der Waals surface area contributed by atoms with Gasteiger partial charge in [0.15, 0.2) is 0 Å². The van der Waals surface area contributed by atoms with Crippen molar-refractivity contribution in [1.82, 2.24) is 0 Å². The van der Waals surface area contributed by atoms with Crippen molar-refractivity contribution in [3.8, 4) is 0 Å². The van der Waals surface area contributed by atoms with Gasteiger partial charge in [0.05, 0.1) is 7.11 Å². The molecule has 2 rings (SSSR count). The van der Waals surface area contributed by atoms with Crippen LogP contribution in [0.4, 0.5) is 0 Å². The molecule has 0 aliphatic carbocycles. The standard InChI is InChI=1S/C9H8S2.C8H15NO4/c1-10-8-2-3-9-7(6-8)4-5-11-9;1-8(2,3)13-7(11)5(9)6(10)12-4/h2-6H,1H3;5H,9H2,1-4H3. The number of methoxy groups -OCH3 is 1. The summed E-state index contributed by atoms with van der Waals surface area (Å²) in [5, 5.41) is 3.50. The van der Waals surface area contributed by atoms with Crippen molar-refractivity contribution in [3.05, 3.63) is 29.6 Å². The number of fused-ring (bicyclic) bond motifs is 1. The highest BCUT2D eigenvalue weighted by Crippen LogP contribution is 2.25. The number of thioether (sulfide) groups is 1. The van der Waals surface area contributed by atoms with Crippen molar-refractivity contribution in [3.63, 3.8) is 0 Å².